The zero-order chi connectivity index (χ0) is 10.7. The SMILES string of the molecule is Nc1cc(F)ccc1Oc1ccccn1. The van der Waals surface area contributed by atoms with Crippen molar-refractivity contribution < 1.29 is 9.13 Å². The number of pyridine rings is 1. The summed E-state index contributed by atoms with van der Waals surface area (Å²) in [7, 11) is 0. The molecule has 76 valence electrons. The summed E-state index contributed by atoms with van der Waals surface area (Å²) in [6.45, 7) is 0. The number of anilines is 1. The van der Waals surface area contributed by atoms with Gasteiger partial charge in [0.2, 0.25) is 5.88 Å². The molecular weight excluding hydrogens is 195 g/mol. The fraction of sp³-hybridized carbons (Fsp3) is 0. The van der Waals surface area contributed by atoms with Crippen LogP contribution in [0, 0.1) is 5.82 Å². The Bertz CT molecular complexity index is 459. The molecule has 0 radical (unpaired) electrons. The Morgan fingerprint density at radius 3 is 2.73 bits per heavy atom. The molecule has 15 heavy (non-hydrogen) atoms. The Hall–Kier alpha value is -2.10. The van der Waals surface area contributed by atoms with Crippen LogP contribution in [-0.4, -0.2) is 4.98 Å². The van der Waals surface area contributed by atoms with Gasteiger partial charge in [-0.2, -0.15) is 0 Å². The lowest BCUT2D eigenvalue weighted by Gasteiger charge is -2.06. The van der Waals surface area contributed by atoms with Gasteiger partial charge in [0.15, 0.2) is 5.75 Å². The van der Waals surface area contributed by atoms with Crippen LogP contribution in [0.2, 0.25) is 0 Å². The molecule has 2 N–H and O–H groups in total. The van der Waals surface area contributed by atoms with Crippen LogP contribution in [-0.2, 0) is 0 Å². The van der Waals surface area contributed by atoms with Gasteiger partial charge in [-0.15, -0.1) is 0 Å². The van der Waals surface area contributed by atoms with Crippen LogP contribution in [0.5, 0.6) is 11.6 Å². The highest BCUT2D eigenvalue weighted by atomic mass is 19.1. The molecule has 0 spiro atoms. The topological polar surface area (TPSA) is 48.1 Å². The molecule has 0 aliphatic carbocycles. The fourth-order valence-electron chi connectivity index (χ4n) is 1.13. The molecule has 0 atom stereocenters. The van der Waals surface area contributed by atoms with Crippen LogP contribution in [0.1, 0.15) is 0 Å². The van der Waals surface area contributed by atoms with Crippen molar-refractivity contribution in [1.82, 2.24) is 4.98 Å². The van der Waals surface area contributed by atoms with Gasteiger partial charge in [-0.05, 0) is 18.2 Å². The molecule has 0 unspecified atom stereocenters. The molecule has 2 aromatic rings. The van der Waals surface area contributed by atoms with Gasteiger partial charge in [0.25, 0.3) is 0 Å². The van der Waals surface area contributed by atoms with E-state index in [9.17, 15) is 4.39 Å². The summed E-state index contributed by atoms with van der Waals surface area (Å²) >= 11 is 0. The molecule has 2 rings (SSSR count). The Balaban J connectivity index is 2.25. The Morgan fingerprint density at radius 1 is 1.20 bits per heavy atom. The number of nitrogens with zero attached hydrogens (tertiary/aromatic N) is 1. The summed E-state index contributed by atoms with van der Waals surface area (Å²) in [5.41, 5.74) is 5.83. The number of halogens is 1. The summed E-state index contributed by atoms with van der Waals surface area (Å²) in [6.07, 6.45) is 1.61. The minimum Gasteiger partial charge on any atom is -0.437 e. The summed E-state index contributed by atoms with van der Waals surface area (Å²) in [6, 6.07) is 9.23. The fourth-order valence-corrected chi connectivity index (χ4v) is 1.13. The average Bonchev–Trinajstić information content (AvgIpc) is 2.24. The van der Waals surface area contributed by atoms with Gasteiger partial charge >= 0.3 is 0 Å². The maximum Gasteiger partial charge on any atom is 0.219 e. The van der Waals surface area contributed by atoms with E-state index in [1.54, 1.807) is 24.4 Å². The van der Waals surface area contributed by atoms with Crippen molar-refractivity contribution in [2.45, 2.75) is 0 Å². The third kappa shape index (κ3) is 2.22. The van der Waals surface area contributed by atoms with E-state index in [0.29, 0.717) is 11.6 Å². The van der Waals surface area contributed by atoms with Crippen molar-refractivity contribution >= 4 is 5.69 Å². The van der Waals surface area contributed by atoms with Crippen LogP contribution >= 0.6 is 0 Å². The van der Waals surface area contributed by atoms with E-state index in [0.717, 1.165) is 0 Å². The van der Waals surface area contributed by atoms with E-state index in [2.05, 4.69) is 4.98 Å². The van der Waals surface area contributed by atoms with Crippen molar-refractivity contribution in [3.63, 3.8) is 0 Å². The molecule has 0 aliphatic heterocycles. The summed E-state index contributed by atoms with van der Waals surface area (Å²) in [5, 5.41) is 0. The number of nitrogens with two attached hydrogens (primary N) is 1. The monoisotopic (exact) mass is 204 g/mol. The number of rotatable bonds is 2. The standard InChI is InChI=1S/C11H9FN2O/c12-8-4-5-10(9(13)7-8)15-11-3-1-2-6-14-11/h1-7H,13H2. The first-order valence-corrected chi connectivity index (χ1v) is 4.39. The van der Waals surface area contributed by atoms with Gasteiger partial charge < -0.3 is 10.5 Å². The zero-order valence-corrected chi connectivity index (χ0v) is 7.85. The van der Waals surface area contributed by atoms with Crippen LogP contribution < -0.4 is 10.5 Å². The molecule has 1 aromatic carbocycles. The average molecular weight is 204 g/mol. The molecule has 0 saturated carbocycles. The number of hydrogen-bond donors (Lipinski definition) is 1. The molecule has 1 heterocycles. The number of aromatic nitrogens is 1. The molecule has 0 bridgehead atoms. The third-order valence-electron chi connectivity index (χ3n) is 1.82. The first kappa shape index (κ1) is 9.45. The third-order valence-corrected chi connectivity index (χ3v) is 1.82. The van der Waals surface area contributed by atoms with E-state index >= 15 is 0 Å². The maximum atomic E-state index is 12.7. The lowest BCUT2D eigenvalue weighted by atomic mass is 10.3. The Morgan fingerprint density at radius 2 is 2.07 bits per heavy atom. The summed E-state index contributed by atoms with van der Waals surface area (Å²) in [4.78, 5) is 3.97. The normalized spacial score (nSPS) is 9.93. The molecule has 0 fully saturated rings. The predicted octanol–water partition coefficient (Wildman–Crippen LogP) is 2.60. The van der Waals surface area contributed by atoms with Crippen molar-refractivity contribution in [1.29, 1.82) is 0 Å². The highest BCUT2D eigenvalue weighted by Gasteiger charge is 2.03. The lowest BCUT2D eigenvalue weighted by molar-refractivity contribution is 0.463. The number of benzene rings is 1. The van der Waals surface area contributed by atoms with Gasteiger partial charge in [-0.3, -0.25) is 0 Å². The van der Waals surface area contributed by atoms with Gasteiger partial charge in [-0.1, -0.05) is 6.07 Å². The molecule has 1 aromatic heterocycles. The predicted molar refractivity (Wildman–Crippen MR) is 55.1 cm³/mol. The molecule has 0 amide bonds. The van der Waals surface area contributed by atoms with E-state index in [1.807, 2.05) is 0 Å². The summed E-state index contributed by atoms with van der Waals surface area (Å²) in [5.74, 6) is 0.437. The van der Waals surface area contributed by atoms with E-state index in [-0.39, 0.29) is 11.5 Å². The van der Waals surface area contributed by atoms with Crippen molar-refractivity contribution in [3.05, 3.63) is 48.4 Å². The van der Waals surface area contributed by atoms with Crippen LogP contribution in [0.4, 0.5) is 10.1 Å². The number of nitrogen functional groups attached to an aromatic ring is 1. The van der Waals surface area contributed by atoms with E-state index in [1.165, 1.54) is 18.2 Å². The molecule has 0 saturated heterocycles. The zero-order valence-electron chi connectivity index (χ0n) is 7.85. The molecule has 4 heteroatoms. The minimum atomic E-state index is -0.388. The van der Waals surface area contributed by atoms with E-state index < -0.39 is 0 Å². The second-order valence-electron chi connectivity index (χ2n) is 2.95. The van der Waals surface area contributed by atoms with Gasteiger partial charge in [-0.25, -0.2) is 9.37 Å². The van der Waals surface area contributed by atoms with Crippen LogP contribution in [0.3, 0.4) is 0 Å². The van der Waals surface area contributed by atoms with Gasteiger partial charge in [0, 0.05) is 18.3 Å². The highest BCUT2D eigenvalue weighted by Crippen LogP contribution is 2.26. The first-order chi connectivity index (χ1) is 7.25. The van der Waals surface area contributed by atoms with Crippen molar-refractivity contribution in [2.75, 3.05) is 5.73 Å². The van der Waals surface area contributed by atoms with Gasteiger partial charge in [0.05, 0.1) is 5.69 Å². The van der Waals surface area contributed by atoms with Crippen LogP contribution in [0.25, 0.3) is 0 Å². The maximum absolute atomic E-state index is 12.7. The Labute approximate surface area is 86.3 Å². The quantitative estimate of drug-likeness (QED) is 0.765. The molecular formula is C11H9FN2O. The first-order valence-electron chi connectivity index (χ1n) is 4.39. The number of ether oxygens (including phenoxy) is 1. The van der Waals surface area contributed by atoms with Gasteiger partial charge in [0.1, 0.15) is 5.82 Å². The van der Waals surface area contributed by atoms with Crippen molar-refractivity contribution in [2.24, 2.45) is 0 Å². The highest BCUT2D eigenvalue weighted by molar-refractivity contribution is 5.53. The second-order valence-corrected chi connectivity index (χ2v) is 2.95. The Kier molecular flexibility index (Phi) is 2.49. The molecule has 0 aliphatic rings. The van der Waals surface area contributed by atoms with Crippen molar-refractivity contribution in [3.8, 4) is 11.6 Å². The summed E-state index contributed by atoms with van der Waals surface area (Å²) < 4.78 is 18.1. The van der Waals surface area contributed by atoms with E-state index in [4.69, 9.17) is 10.5 Å². The lowest BCUT2D eigenvalue weighted by Crippen LogP contribution is -1.93. The smallest absolute Gasteiger partial charge is 0.219 e. The second kappa shape index (κ2) is 3.96. The molecule has 3 nitrogen and oxygen atoms in total. The largest absolute Gasteiger partial charge is 0.437 e. The van der Waals surface area contributed by atoms with Crippen LogP contribution in [0.15, 0.2) is 42.6 Å². The number of hydrogen-bond acceptors (Lipinski definition) is 3. The minimum absolute atomic E-state index is 0.251.